The fourth-order valence-corrected chi connectivity index (χ4v) is 7.37. The molecule has 0 unspecified atom stereocenters. The molecule has 5 heteroatoms. The van der Waals surface area contributed by atoms with Crippen LogP contribution >= 0.6 is 0 Å². The molecule has 0 spiro atoms. The summed E-state index contributed by atoms with van der Waals surface area (Å²) in [5.74, 6) is 0. The predicted octanol–water partition coefficient (Wildman–Crippen LogP) is 11.5. The second-order valence-corrected chi connectivity index (χ2v) is 12.3. The minimum absolute atomic E-state index is 0.583. The zero-order chi connectivity index (χ0) is 33.8. The highest BCUT2D eigenvalue weighted by atomic mass is 15.0. The van der Waals surface area contributed by atoms with Gasteiger partial charge in [-0.3, -0.25) is 0 Å². The predicted molar refractivity (Wildman–Crippen MR) is 202 cm³/mol. The Kier molecular flexibility index (Phi) is 6.56. The third-order valence-corrected chi connectivity index (χ3v) is 9.62. The summed E-state index contributed by atoms with van der Waals surface area (Å²) in [7, 11) is 0. The molecule has 0 N–H and O–H groups in total. The van der Waals surface area contributed by atoms with Gasteiger partial charge in [0.25, 0.3) is 0 Å². The molecule has 0 atom stereocenters. The topological polar surface area (TPSA) is 61.8 Å². The van der Waals surface area contributed by atoms with Crippen molar-refractivity contribution in [2.45, 2.75) is 0 Å². The Bertz CT molecular complexity index is 2960. The third kappa shape index (κ3) is 4.38. The summed E-state index contributed by atoms with van der Waals surface area (Å²) in [6.07, 6.45) is 0. The molecule has 0 saturated heterocycles. The molecule has 50 heavy (non-hydrogen) atoms. The van der Waals surface area contributed by atoms with Crippen molar-refractivity contribution in [1.29, 1.82) is 10.5 Å². The van der Waals surface area contributed by atoms with Crippen LogP contribution in [0.3, 0.4) is 0 Å². The van der Waals surface area contributed by atoms with Gasteiger partial charge in [0.15, 0.2) is 5.69 Å². The van der Waals surface area contributed by atoms with Crippen molar-refractivity contribution in [2.24, 2.45) is 0 Å². The van der Waals surface area contributed by atoms with E-state index in [0.717, 1.165) is 77.2 Å². The second kappa shape index (κ2) is 11.4. The molecule has 5 nitrogen and oxygen atoms in total. The summed E-state index contributed by atoms with van der Waals surface area (Å²) in [5.41, 5.74) is 11.9. The Morgan fingerprint density at radius 1 is 0.480 bits per heavy atom. The lowest BCUT2D eigenvalue weighted by Crippen LogP contribution is -1.97. The first-order chi connectivity index (χ1) is 24.7. The van der Waals surface area contributed by atoms with E-state index in [2.05, 4.69) is 111 Å². The van der Waals surface area contributed by atoms with Crippen LogP contribution in [0.2, 0.25) is 0 Å². The van der Waals surface area contributed by atoms with Crippen molar-refractivity contribution in [1.82, 2.24) is 9.13 Å². The van der Waals surface area contributed by atoms with Crippen LogP contribution in [-0.4, -0.2) is 9.13 Å². The normalized spacial score (nSPS) is 11.1. The Morgan fingerprint density at radius 2 is 1.08 bits per heavy atom. The molecule has 0 radical (unpaired) electrons. The average Bonchev–Trinajstić information content (AvgIpc) is 3.69. The van der Waals surface area contributed by atoms with E-state index in [4.69, 9.17) is 6.57 Å². The van der Waals surface area contributed by atoms with E-state index < -0.39 is 0 Å². The van der Waals surface area contributed by atoms with Crippen LogP contribution in [0.4, 0.5) is 5.69 Å². The zero-order valence-electron chi connectivity index (χ0n) is 26.7. The molecule has 7 aromatic carbocycles. The smallest absolute Gasteiger partial charge is 0.188 e. The molecule has 0 saturated carbocycles. The maximum atomic E-state index is 10.4. The van der Waals surface area contributed by atoms with Crippen LogP contribution in [-0.2, 0) is 0 Å². The quantitative estimate of drug-likeness (QED) is 0.181. The Hall–Kier alpha value is -7.39. The van der Waals surface area contributed by atoms with E-state index in [0.29, 0.717) is 16.8 Å². The van der Waals surface area contributed by atoms with Crippen molar-refractivity contribution < 1.29 is 0 Å². The van der Waals surface area contributed by atoms with Crippen molar-refractivity contribution in [2.75, 3.05) is 0 Å². The van der Waals surface area contributed by atoms with Gasteiger partial charge < -0.3 is 9.13 Å². The average molecular weight is 636 g/mol. The SMILES string of the molecule is [C-]#[N+]c1ccc2c(c1)c1ccccc1n2-c1ccccc1-c1ccc(-c2ccc(-n3c4ccccc4c4cc(C#N)ccc43)cc2C#N)cc1. The van der Waals surface area contributed by atoms with Gasteiger partial charge in [-0.2, -0.15) is 10.5 Å². The Balaban J connectivity index is 1.13. The van der Waals surface area contributed by atoms with E-state index in [1.54, 1.807) is 0 Å². The second-order valence-electron chi connectivity index (χ2n) is 12.3. The third-order valence-electron chi connectivity index (χ3n) is 9.62. The van der Waals surface area contributed by atoms with Crippen molar-refractivity contribution in [3.8, 4) is 45.8 Å². The lowest BCUT2D eigenvalue weighted by Gasteiger charge is -2.15. The molecule has 230 valence electrons. The fourth-order valence-electron chi connectivity index (χ4n) is 7.37. The first kappa shape index (κ1) is 28.8. The van der Waals surface area contributed by atoms with Crippen LogP contribution in [0.15, 0.2) is 152 Å². The lowest BCUT2D eigenvalue weighted by atomic mass is 9.96. The van der Waals surface area contributed by atoms with Crippen LogP contribution < -0.4 is 0 Å². The molecule has 2 heterocycles. The van der Waals surface area contributed by atoms with E-state index in [9.17, 15) is 10.5 Å². The Morgan fingerprint density at radius 3 is 1.80 bits per heavy atom. The van der Waals surface area contributed by atoms with Crippen LogP contribution in [0, 0.1) is 29.2 Å². The lowest BCUT2D eigenvalue weighted by molar-refractivity contribution is 1.18. The summed E-state index contributed by atoms with van der Waals surface area (Å²) in [4.78, 5) is 3.68. The van der Waals surface area contributed by atoms with Gasteiger partial charge in [-0.15, -0.1) is 0 Å². The van der Waals surface area contributed by atoms with Gasteiger partial charge in [-0.05, 0) is 82.7 Å². The standard InChI is InChI=1S/C45H25N5/c1-48-33-19-23-45-40(26-33)38-10-4-7-13-43(38)50(45)41-11-5-2-8-36(41)31-17-15-30(16-18-31)35-21-20-34(25-32(35)28-47)49-42-12-6-3-9-37(42)39-24-29(27-46)14-22-44(39)49/h2-26H. The number of benzene rings is 7. The van der Waals surface area contributed by atoms with Gasteiger partial charge in [-0.1, -0.05) is 91.0 Å². The van der Waals surface area contributed by atoms with Gasteiger partial charge in [0.1, 0.15) is 0 Å². The van der Waals surface area contributed by atoms with E-state index in [-0.39, 0.29) is 0 Å². The number of fused-ring (bicyclic) bond motifs is 6. The summed E-state index contributed by atoms with van der Waals surface area (Å²) in [6, 6.07) is 55.7. The number of aromatic nitrogens is 2. The van der Waals surface area contributed by atoms with Crippen molar-refractivity contribution in [3.05, 3.63) is 174 Å². The number of para-hydroxylation sites is 3. The summed E-state index contributed by atoms with van der Waals surface area (Å²) < 4.78 is 4.44. The molecule has 9 aromatic rings. The first-order valence-electron chi connectivity index (χ1n) is 16.3. The summed E-state index contributed by atoms with van der Waals surface area (Å²) in [5, 5.41) is 24.1. The highest BCUT2D eigenvalue weighted by Gasteiger charge is 2.17. The van der Waals surface area contributed by atoms with Crippen molar-refractivity contribution in [3.63, 3.8) is 0 Å². The van der Waals surface area contributed by atoms with E-state index >= 15 is 0 Å². The molecule has 0 bridgehead atoms. The molecular formula is C45H25N5. The first-order valence-corrected chi connectivity index (χ1v) is 16.3. The largest absolute Gasteiger partial charge is 0.309 e. The van der Waals surface area contributed by atoms with Gasteiger partial charge in [0, 0.05) is 27.4 Å². The number of nitriles is 2. The monoisotopic (exact) mass is 635 g/mol. The number of nitrogens with zero attached hydrogens (tertiary/aromatic N) is 5. The molecule has 0 aliphatic carbocycles. The number of hydrogen-bond acceptors (Lipinski definition) is 2. The minimum Gasteiger partial charge on any atom is -0.309 e. The van der Waals surface area contributed by atoms with E-state index in [1.807, 2.05) is 66.7 Å². The van der Waals surface area contributed by atoms with Gasteiger partial charge in [0.05, 0.1) is 57.6 Å². The summed E-state index contributed by atoms with van der Waals surface area (Å²) >= 11 is 0. The number of rotatable bonds is 4. The molecule has 9 rings (SSSR count). The van der Waals surface area contributed by atoms with Gasteiger partial charge in [0.2, 0.25) is 0 Å². The Labute approximate surface area is 288 Å². The van der Waals surface area contributed by atoms with E-state index in [1.165, 1.54) is 0 Å². The fraction of sp³-hybridized carbons (Fsp3) is 0. The van der Waals surface area contributed by atoms with Crippen LogP contribution in [0.5, 0.6) is 0 Å². The van der Waals surface area contributed by atoms with Crippen LogP contribution in [0.25, 0.3) is 82.1 Å². The maximum Gasteiger partial charge on any atom is 0.188 e. The molecule has 0 amide bonds. The van der Waals surface area contributed by atoms with Crippen molar-refractivity contribution >= 4 is 49.3 Å². The number of hydrogen-bond donors (Lipinski definition) is 0. The molecular weight excluding hydrogens is 611 g/mol. The summed E-state index contributed by atoms with van der Waals surface area (Å²) in [6.45, 7) is 7.55. The maximum absolute atomic E-state index is 10.4. The van der Waals surface area contributed by atoms with Gasteiger partial charge >= 0.3 is 0 Å². The molecule has 0 fully saturated rings. The van der Waals surface area contributed by atoms with Crippen LogP contribution in [0.1, 0.15) is 11.1 Å². The highest BCUT2D eigenvalue weighted by molar-refractivity contribution is 6.11. The molecule has 0 aliphatic heterocycles. The highest BCUT2D eigenvalue weighted by Crippen LogP contribution is 2.39. The zero-order valence-corrected chi connectivity index (χ0v) is 26.7. The molecule has 2 aromatic heterocycles. The van der Waals surface area contributed by atoms with Gasteiger partial charge in [-0.25, -0.2) is 4.85 Å². The molecule has 0 aliphatic rings. The minimum atomic E-state index is 0.583.